The van der Waals surface area contributed by atoms with Gasteiger partial charge in [-0.1, -0.05) is 12.1 Å². The smallest absolute Gasteiger partial charge is 0.277 e. The van der Waals surface area contributed by atoms with Crippen LogP contribution in [0.25, 0.3) is 5.57 Å². The number of imide groups is 1. The van der Waals surface area contributed by atoms with Crippen molar-refractivity contribution in [3.8, 4) is 0 Å². The molecular weight excluding hydrogens is 373 g/mol. The summed E-state index contributed by atoms with van der Waals surface area (Å²) in [7, 11) is 3.97. The molecule has 7 heteroatoms. The molecule has 1 saturated heterocycles. The fourth-order valence-corrected chi connectivity index (χ4v) is 3.91. The van der Waals surface area contributed by atoms with Crippen LogP contribution in [0.4, 0.5) is 4.39 Å². The van der Waals surface area contributed by atoms with Crippen molar-refractivity contribution in [1.29, 1.82) is 0 Å². The highest BCUT2D eigenvalue weighted by molar-refractivity contribution is 6.35. The molecular formula is C22H30FN3O3. The summed E-state index contributed by atoms with van der Waals surface area (Å²) in [6.07, 6.45) is 1.87. The SMILES string of the molecule is CC(C)OCCN1C(=O)C(c2ccc(F)cc2)=C(N(C)C2CCN(C)CC2)C1=O. The van der Waals surface area contributed by atoms with Gasteiger partial charge in [0.2, 0.25) is 0 Å². The minimum absolute atomic E-state index is 0.0220. The van der Waals surface area contributed by atoms with E-state index in [1.54, 1.807) is 12.1 Å². The van der Waals surface area contributed by atoms with Gasteiger partial charge in [0.25, 0.3) is 11.8 Å². The first-order chi connectivity index (χ1) is 13.8. The zero-order chi connectivity index (χ0) is 21.1. The van der Waals surface area contributed by atoms with Crippen molar-refractivity contribution in [2.75, 3.05) is 40.3 Å². The largest absolute Gasteiger partial charge is 0.377 e. The predicted molar refractivity (Wildman–Crippen MR) is 109 cm³/mol. The normalized spacial score (nSPS) is 19.0. The maximum atomic E-state index is 13.4. The third-order valence-electron chi connectivity index (χ3n) is 5.63. The van der Waals surface area contributed by atoms with Gasteiger partial charge in [0.1, 0.15) is 11.5 Å². The number of hydrogen-bond donors (Lipinski definition) is 0. The number of carbonyl (C=O) groups excluding carboxylic acids is 2. The fourth-order valence-electron chi connectivity index (χ4n) is 3.91. The number of benzene rings is 1. The Balaban J connectivity index is 1.92. The molecule has 3 rings (SSSR count). The van der Waals surface area contributed by atoms with Gasteiger partial charge in [0, 0.05) is 13.1 Å². The molecule has 0 aliphatic carbocycles. The number of nitrogens with zero attached hydrogens (tertiary/aromatic N) is 3. The number of amides is 2. The molecule has 0 aromatic heterocycles. The average Bonchev–Trinajstić information content (AvgIpc) is 2.93. The van der Waals surface area contributed by atoms with Gasteiger partial charge in [-0.05, 0) is 64.5 Å². The van der Waals surface area contributed by atoms with Crippen LogP contribution in [0.15, 0.2) is 30.0 Å². The second-order valence-corrected chi connectivity index (χ2v) is 8.06. The monoisotopic (exact) mass is 403 g/mol. The van der Waals surface area contributed by atoms with E-state index >= 15 is 0 Å². The van der Waals surface area contributed by atoms with E-state index in [-0.39, 0.29) is 42.9 Å². The summed E-state index contributed by atoms with van der Waals surface area (Å²) in [5, 5.41) is 0. The Morgan fingerprint density at radius 3 is 2.34 bits per heavy atom. The summed E-state index contributed by atoms with van der Waals surface area (Å²) in [4.78, 5) is 31.9. The first-order valence-corrected chi connectivity index (χ1v) is 10.2. The standard InChI is InChI=1S/C22H30FN3O3/c1-15(2)29-14-13-26-21(27)19(16-5-7-17(23)8-6-16)20(22(26)28)25(4)18-9-11-24(3)12-10-18/h5-8,15,18H,9-14H2,1-4H3. The highest BCUT2D eigenvalue weighted by atomic mass is 19.1. The van der Waals surface area contributed by atoms with Crippen molar-refractivity contribution >= 4 is 17.4 Å². The number of likely N-dealkylation sites (N-methyl/N-ethyl adjacent to an activating group) is 1. The molecule has 0 spiro atoms. The molecule has 0 radical (unpaired) electrons. The van der Waals surface area contributed by atoms with Crippen LogP contribution in [-0.4, -0.2) is 79.0 Å². The molecule has 158 valence electrons. The molecule has 2 amide bonds. The minimum Gasteiger partial charge on any atom is -0.377 e. The van der Waals surface area contributed by atoms with E-state index in [2.05, 4.69) is 11.9 Å². The summed E-state index contributed by atoms with van der Waals surface area (Å²) >= 11 is 0. The third kappa shape index (κ3) is 4.67. The van der Waals surface area contributed by atoms with Crippen LogP contribution in [0, 0.1) is 5.82 Å². The van der Waals surface area contributed by atoms with Crippen molar-refractivity contribution in [2.45, 2.75) is 38.8 Å². The van der Waals surface area contributed by atoms with Crippen LogP contribution in [0.5, 0.6) is 0 Å². The minimum atomic E-state index is -0.376. The zero-order valence-corrected chi connectivity index (χ0v) is 17.7. The van der Waals surface area contributed by atoms with Gasteiger partial charge in [-0.2, -0.15) is 0 Å². The lowest BCUT2D eigenvalue weighted by atomic mass is 10.00. The van der Waals surface area contributed by atoms with Crippen LogP contribution >= 0.6 is 0 Å². The molecule has 1 aromatic rings. The predicted octanol–water partition coefficient (Wildman–Crippen LogP) is 2.36. The summed E-state index contributed by atoms with van der Waals surface area (Å²) in [5.74, 6) is -1.02. The Hall–Kier alpha value is -2.25. The van der Waals surface area contributed by atoms with Crippen LogP contribution in [-0.2, 0) is 14.3 Å². The van der Waals surface area contributed by atoms with Crippen molar-refractivity contribution in [1.82, 2.24) is 14.7 Å². The fraction of sp³-hybridized carbons (Fsp3) is 0.545. The summed E-state index contributed by atoms with van der Waals surface area (Å²) in [5.41, 5.74) is 1.31. The lowest BCUT2D eigenvalue weighted by molar-refractivity contribution is -0.138. The Labute approximate surface area is 171 Å². The topological polar surface area (TPSA) is 53.1 Å². The molecule has 0 N–H and O–H groups in total. The van der Waals surface area contributed by atoms with E-state index in [9.17, 15) is 14.0 Å². The van der Waals surface area contributed by atoms with E-state index in [1.165, 1.54) is 17.0 Å². The van der Waals surface area contributed by atoms with E-state index in [4.69, 9.17) is 4.74 Å². The molecule has 1 fully saturated rings. The lowest BCUT2D eigenvalue weighted by Crippen LogP contribution is -2.44. The number of carbonyl (C=O) groups is 2. The highest BCUT2D eigenvalue weighted by Gasteiger charge is 2.42. The molecule has 6 nitrogen and oxygen atoms in total. The molecule has 0 saturated carbocycles. The number of hydrogen-bond acceptors (Lipinski definition) is 5. The van der Waals surface area contributed by atoms with Crippen molar-refractivity contribution < 1.29 is 18.7 Å². The Kier molecular flexibility index (Phi) is 6.70. The van der Waals surface area contributed by atoms with Gasteiger partial charge < -0.3 is 14.5 Å². The Morgan fingerprint density at radius 1 is 1.14 bits per heavy atom. The first-order valence-electron chi connectivity index (χ1n) is 10.2. The van der Waals surface area contributed by atoms with E-state index in [1.807, 2.05) is 25.8 Å². The Morgan fingerprint density at radius 2 is 1.76 bits per heavy atom. The average molecular weight is 403 g/mol. The van der Waals surface area contributed by atoms with E-state index < -0.39 is 0 Å². The number of piperidine rings is 1. The lowest BCUT2D eigenvalue weighted by Gasteiger charge is -2.36. The molecule has 0 bridgehead atoms. The van der Waals surface area contributed by atoms with Crippen LogP contribution in [0.1, 0.15) is 32.3 Å². The number of likely N-dealkylation sites (tertiary alicyclic amines) is 1. The van der Waals surface area contributed by atoms with Crippen molar-refractivity contribution in [2.24, 2.45) is 0 Å². The molecule has 2 aliphatic rings. The Bertz CT molecular complexity index is 783. The van der Waals surface area contributed by atoms with Gasteiger partial charge in [-0.3, -0.25) is 14.5 Å². The molecule has 29 heavy (non-hydrogen) atoms. The van der Waals surface area contributed by atoms with Gasteiger partial charge in [0.15, 0.2) is 0 Å². The second-order valence-electron chi connectivity index (χ2n) is 8.06. The molecule has 1 aromatic carbocycles. The summed E-state index contributed by atoms with van der Waals surface area (Å²) in [6, 6.07) is 5.94. The number of halogens is 1. The van der Waals surface area contributed by atoms with Gasteiger partial charge in [0.05, 0.1) is 24.8 Å². The molecule has 2 aliphatic heterocycles. The molecule has 2 heterocycles. The maximum Gasteiger partial charge on any atom is 0.277 e. The number of ether oxygens (including phenoxy) is 1. The van der Waals surface area contributed by atoms with E-state index in [0.717, 1.165) is 25.9 Å². The van der Waals surface area contributed by atoms with Crippen LogP contribution in [0.3, 0.4) is 0 Å². The summed E-state index contributed by atoms with van der Waals surface area (Å²) in [6.45, 7) is 6.21. The van der Waals surface area contributed by atoms with Gasteiger partial charge in [-0.25, -0.2) is 4.39 Å². The maximum absolute atomic E-state index is 13.4. The van der Waals surface area contributed by atoms with Gasteiger partial charge in [-0.15, -0.1) is 0 Å². The third-order valence-corrected chi connectivity index (χ3v) is 5.63. The summed E-state index contributed by atoms with van der Waals surface area (Å²) < 4.78 is 19.0. The molecule has 0 atom stereocenters. The quantitative estimate of drug-likeness (QED) is 0.655. The first kappa shape index (κ1) is 21.5. The van der Waals surface area contributed by atoms with Crippen molar-refractivity contribution in [3.05, 3.63) is 41.3 Å². The highest BCUT2D eigenvalue weighted by Crippen LogP contribution is 2.33. The number of rotatable bonds is 7. The van der Waals surface area contributed by atoms with Crippen molar-refractivity contribution in [3.63, 3.8) is 0 Å². The zero-order valence-electron chi connectivity index (χ0n) is 17.7. The molecule has 0 unspecified atom stereocenters. The second kappa shape index (κ2) is 9.05. The van der Waals surface area contributed by atoms with Crippen LogP contribution in [0.2, 0.25) is 0 Å². The van der Waals surface area contributed by atoms with Gasteiger partial charge >= 0.3 is 0 Å². The van der Waals surface area contributed by atoms with E-state index in [0.29, 0.717) is 16.8 Å². The van der Waals surface area contributed by atoms with Crippen LogP contribution < -0.4 is 0 Å².